The summed E-state index contributed by atoms with van der Waals surface area (Å²) in [6, 6.07) is 1.77. The molecule has 0 saturated carbocycles. The van der Waals surface area contributed by atoms with Crippen LogP contribution in [0.1, 0.15) is 5.69 Å². The summed E-state index contributed by atoms with van der Waals surface area (Å²) in [5.74, 6) is 0.593. The summed E-state index contributed by atoms with van der Waals surface area (Å²) in [6.07, 6.45) is 0. The minimum absolute atomic E-state index is 0.593. The first kappa shape index (κ1) is 8.33. The lowest BCUT2D eigenvalue weighted by Gasteiger charge is -2.06. The number of anilines is 1. The van der Waals surface area contributed by atoms with Crippen LogP contribution in [0, 0.1) is 6.92 Å². The van der Waals surface area contributed by atoms with Crippen molar-refractivity contribution < 1.29 is 4.74 Å². The highest BCUT2D eigenvalue weighted by Gasteiger charge is 2.05. The SMILES string of the molecule is COc1c(N)cc(C)nc1Br. The number of pyridine rings is 1. The minimum Gasteiger partial charge on any atom is -0.492 e. The molecule has 0 aliphatic carbocycles. The Morgan fingerprint density at radius 2 is 2.27 bits per heavy atom. The normalized spacial score (nSPS) is 9.73. The number of nitrogens with two attached hydrogens (primary N) is 1. The molecule has 0 aliphatic rings. The third-order valence-electron chi connectivity index (χ3n) is 1.29. The van der Waals surface area contributed by atoms with E-state index in [1.165, 1.54) is 0 Å². The van der Waals surface area contributed by atoms with Gasteiger partial charge in [-0.2, -0.15) is 0 Å². The molecule has 1 rings (SSSR count). The van der Waals surface area contributed by atoms with Gasteiger partial charge in [0.05, 0.1) is 12.8 Å². The van der Waals surface area contributed by atoms with Crippen molar-refractivity contribution in [1.29, 1.82) is 0 Å². The molecule has 2 N–H and O–H groups in total. The van der Waals surface area contributed by atoms with Gasteiger partial charge in [-0.25, -0.2) is 4.98 Å². The molecule has 1 aromatic rings. The molecule has 0 aromatic carbocycles. The Hall–Kier alpha value is -0.770. The van der Waals surface area contributed by atoms with Crippen LogP contribution in [-0.2, 0) is 0 Å². The van der Waals surface area contributed by atoms with Gasteiger partial charge in [0.2, 0.25) is 0 Å². The summed E-state index contributed by atoms with van der Waals surface area (Å²) >= 11 is 3.24. The molecule has 0 fully saturated rings. The van der Waals surface area contributed by atoms with Crippen LogP contribution >= 0.6 is 15.9 Å². The third kappa shape index (κ3) is 1.63. The average Bonchev–Trinajstić information content (AvgIpc) is 1.85. The van der Waals surface area contributed by atoms with Crippen LogP contribution in [0.25, 0.3) is 0 Å². The van der Waals surface area contributed by atoms with Crippen molar-refractivity contribution in [2.75, 3.05) is 12.8 Å². The summed E-state index contributed by atoms with van der Waals surface area (Å²) in [6.45, 7) is 1.88. The van der Waals surface area contributed by atoms with Crippen LogP contribution in [0.5, 0.6) is 5.75 Å². The standard InChI is InChI=1S/C7H9BrN2O/c1-4-3-5(9)6(11-2)7(8)10-4/h3H,1-2H3,(H2,9,10). The Kier molecular flexibility index (Phi) is 2.34. The van der Waals surface area contributed by atoms with E-state index in [-0.39, 0.29) is 0 Å². The zero-order valence-electron chi connectivity index (χ0n) is 6.39. The van der Waals surface area contributed by atoms with Crippen molar-refractivity contribution in [2.24, 2.45) is 0 Å². The molecule has 3 nitrogen and oxygen atoms in total. The van der Waals surface area contributed by atoms with E-state index < -0.39 is 0 Å². The summed E-state index contributed by atoms with van der Waals surface area (Å²) in [5.41, 5.74) is 7.11. The summed E-state index contributed by atoms with van der Waals surface area (Å²) in [4.78, 5) is 4.12. The molecule has 0 spiro atoms. The van der Waals surface area contributed by atoms with Crippen LogP contribution < -0.4 is 10.5 Å². The Balaban J connectivity index is 3.25. The van der Waals surface area contributed by atoms with Crippen LogP contribution in [0.4, 0.5) is 5.69 Å². The van der Waals surface area contributed by atoms with E-state index in [0.29, 0.717) is 16.0 Å². The van der Waals surface area contributed by atoms with E-state index in [0.717, 1.165) is 5.69 Å². The fourth-order valence-corrected chi connectivity index (χ4v) is 1.52. The van der Waals surface area contributed by atoms with E-state index in [1.54, 1.807) is 13.2 Å². The molecule has 0 saturated heterocycles. The molecule has 0 radical (unpaired) electrons. The van der Waals surface area contributed by atoms with Crippen LogP contribution in [0.15, 0.2) is 10.7 Å². The van der Waals surface area contributed by atoms with Crippen LogP contribution in [0.2, 0.25) is 0 Å². The van der Waals surface area contributed by atoms with Gasteiger partial charge in [0.15, 0.2) is 5.75 Å². The van der Waals surface area contributed by atoms with E-state index in [9.17, 15) is 0 Å². The van der Waals surface area contributed by atoms with Crippen molar-refractivity contribution >= 4 is 21.6 Å². The maximum absolute atomic E-state index is 5.64. The molecule has 1 heterocycles. The van der Waals surface area contributed by atoms with Gasteiger partial charge >= 0.3 is 0 Å². The molecule has 0 amide bonds. The fourth-order valence-electron chi connectivity index (χ4n) is 0.850. The largest absolute Gasteiger partial charge is 0.492 e. The number of aromatic nitrogens is 1. The summed E-state index contributed by atoms with van der Waals surface area (Å²) in [5, 5.41) is 0. The number of hydrogen-bond acceptors (Lipinski definition) is 3. The Morgan fingerprint density at radius 1 is 1.64 bits per heavy atom. The first-order chi connectivity index (χ1) is 5.15. The van der Waals surface area contributed by atoms with Gasteiger partial charge in [-0.3, -0.25) is 0 Å². The maximum atomic E-state index is 5.64. The van der Waals surface area contributed by atoms with Gasteiger partial charge in [0, 0.05) is 5.69 Å². The fraction of sp³-hybridized carbons (Fsp3) is 0.286. The van der Waals surface area contributed by atoms with Gasteiger partial charge in [0.1, 0.15) is 4.60 Å². The van der Waals surface area contributed by atoms with Gasteiger partial charge in [-0.1, -0.05) is 0 Å². The number of aryl methyl sites for hydroxylation is 1. The van der Waals surface area contributed by atoms with Gasteiger partial charge in [0.25, 0.3) is 0 Å². The number of nitrogen functional groups attached to an aromatic ring is 1. The highest BCUT2D eigenvalue weighted by Crippen LogP contribution is 2.29. The van der Waals surface area contributed by atoms with Crippen molar-refractivity contribution in [3.8, 4) is 5.75 Å². The third-order valence-corrected chi connectivity index (χ3v) is 1.83. The van der Waals surface area contributed by atoms with E-state index in [2.05, 4.69) is 20.9 Å². The Morgan fingerprint density at radius 3 is 2.73 bits per heavy atom. The second kappa shape index (κ2) is 3.09. The summed E-state index contributed by atoms with van der Waals surface area (Å²) in [7, 11) is 1.56. The second-order valence-electron chi connectivity index (χ2n) is 2.18. The van der Waals surface area contributed by atoms with E-state index in [1.807, 2.05) is 6.92 Å². The van der Waals surface area contributed by atoms with Gasteiger partial charge < -0.3 is 10.5 Å². The van der Waals surface area contributed by atoms with E-state index >= 15 is 0 Å². The molecule has 0 bridgehead atoms. The monoisotopic (exact) mass is 216 g/mol. The zero-order valence-corrected chi connectivity index (χ0v) is 7.97. The summed E-state index contributed by atoms with van der Waals surface area (Å²) < 4.78 is 5.65. The molecule has 4 heteroatoms. The second-order valence-corrected chi connectivity index (χ2v) is 2.93. The first-order valence-corrected chi connectivity index (χ1v) is 3.91. The van der Waals surface area contributed by atoms with Gasteiger partial charge in [-0.05, 0) is 28.9 Å². The quantitative estimate of drug-likeness (QED) is 0.729. The number of halogens is 1. The number of methoxy groups -OCH3 is 1. The van der Waals surface area contributed by atoms with Crippen molar-refractivity contribution in [3.05, 3.63) is 16.4 Å². The molecule has 0 aliphatic heterocycles. The molecular weight excluding hydrogens is 208 g/mol. The number of hydrogen-bond donors (Lipinski definition) is 1. The smallest absolute Gasteiger partial charge is 0.174 e. The van der Waals surface area contributed by atoms with Crippen molar-refractivity contribution in [2.45, 2.75) is 6.92 Å². The van der Waals surface area contributed by atoms with Gasteiger partial charge in [-0.15, -0.1) is 0 Å². The lowest BCUT2D eigenvalue weighted by atomic mass is 10.3. The number of rotatable bonds is 1. The zero-order chi connectivity index (χ0) is 8.43. The van der Waals surface area contributed by atoms with Crippen LogP contribution in [0.3, 0.4) is 0 Å². The Bertz CT molecular complexity index is 252. The van der Waals surface area contributed by atoms with Crippen LogP contribution in [-0.4, -0.2) is 12.1 Å². The maximum Gasteiger partial charge on any atom is 0.174 e. The lowest BCUT2D eigenvalue weighted by molar-refractivity contribution is 0.412. The van der Waals surface area contributed by atoms with Crippen molar-refractivity contribution in [3.63, 3.8) is 0 Å². The number of nitrogens with zero attached hydrogens (tertiary/aromatic N) is 1. The predicted molar refractivity (Wildman–Crippen MR) is 47.6 cm³/mol. The lowest BCUT2D eigenvalue weighted by Crippen LogP contribution is -1.96. The topological polar surface area (TPSA) is 48.1 Å². The minimum atomic E-state index is 0.593. The predicted octanol–water partition coefficient (Wildman–Crippen LogP) is 1.74. The highest BCUT2D eigenvalue weighted by molar-refractivity contribution is 9.10. The molecule has 1 aromatic heterocycles. The van der Waals surface area contributed by atoms with Crippen molar-refractivity contribution in [1.82, 2.24) is 4.98 Å². The highest BCUT2D eigenvalue weighted by atomic mass is 79.9. The van der Waals surface area contributed by atoms with E-state index in [4.69, 9.17) is 10.5 Å². The molecule has 11 heavy (non-hydrogen) atoms. The molecule has 60 valence electrons. The number of ether oxygens (including phenoxy) is 1. The molecular formula is C7H9BrN2O. The first-order valence-electron chi connectivity index (χ1n) is 3.11. The average molecular weight is 217 g/mol. The molecule has 0 atom stereocenters. The molecule has 0 unspecified atom stereocenters. The Labute approximate surface area is 73.7 Å².